The largest absolute Gasteiger partial charge is 0.361 e. The molecule has 5 nitrogen and oxygen atoms in total. The Morgan fingerprint density at radius 2 is 2.36 bits per heavy atom. The summed E-state index contributed by atoms with van der Waals surface area (Å²) >= 11 is 0. The van der Waals surface area contributed by atoms with Gasteiger partial charge in [0.25, 0.3) is 0 Å². The molecule has 2 heterocycles. The summed E-state index contributed by atoms with van der Waals surface area (Å²) in [5.74, 6) is 0.837. The number of aromatic nitrogens is 3. The van der Waals surface area contributed by atoms with Gasteiger partial charge in [0.05, 0.1) is 13.1 Å². The minimum absolute atomic E-state index is 0.240. The van der Waals surface area contributed by atoms with Crippen LogP contribution in [0.15, 0.2) is 4.79 Å². The molecular formula is C6H10N4O. The van der Waals surface area contributed by atoms with Crippen LogP contribution in [0.25, 0.3) is 0 Å². The van der Waals surface area contributed by atoms with Crippen molar-refractivity contribution in [2.45, 2.75) is 13.1 Å². The molecule has 1 aliphatic rings. The minimum Gasteiger partial charge on any atom is -0.297 e. The molecule has 0 bridgehead atoms. The first kappa shape index (κ1) is 6.60. The molecule has 1 aromatic heterocycles. The summed E-state index contributed by atoms with van der Waals surface area (Å²) in [4.78, 5) is 16.7. The average molecular weight is 154 g/mol. The Labute approximate surface area is 63.6 Å². The molecule has 11 heavy (non-hydrogen) atoms. The summed E-state index contributed by atoms with van der Waals surface area (Å²) < 4.78 is 1.81. The van der Waals surface area contributed by atoms with Crippen LogP contribution in [0.2, 0.25) is 0 Å². The molecule has 0 amide bonds. The number of likely N-dealkylation sites (N-methyl/N-ethyl adjacent to an activating group) is 1. The minimum atomic E-state index is -0.240. The quantitative estimate of drug-likeness (QED) is 0.522. The summed E-state index contributed by atoms with van der Waals surface area (Å²) in [6.07, 6.45) is 0. The number of hydrogen-bond acceptors (Lipinski definition) is 3. The Kier molecular flexibility index (Phi) is 1.32. The number of nitrogens with zero attached hydrogens (tertiary/aromatic N) is 3. The Hall–Kier alpha value is -1.10. The summed E-state index contributed by atoms with van der Waals surface area (Å²) in [6.45, 7) is 2.57. The molecule has 2 rings (SSSR count). The topological polar surface area (TPSA) is 53.9 Å². The smallest absolute Gasteiger partial charge is 0.297 e. The van der Waals surface area contributed by atoms with Crippen LogP contribution in [0, 0.1) is 0 Å². The first-order chi connectivity index (χ1) is 5.25. The number of hydrogen-bond donors (Lipinski definition) is 1. The van der Waals surface area contributed by atoms with E-state index in [1.165, 1.54) is 0 Å². The second-order valence-corrected chi connectivity index (χ2v) is 2.83. The lowest BCUT2D eigenvalue weighted by molar-refractivity contribution is 0.254. The molecule has 0 aromatic carbocycles. The molecule has 1 aromatic rings. The molecule has 5 heteroatoms. The van der Waals surface area contributed by atoms with E-state index >= 15 is 0 Å². The van der Waals surface area contributed by atoms with Gasteiger partial charge in [0.15, 0.2) is 0 Å². The number of fused-ring (bicyclic) bond motifs is 1. The highest BCUT2D eigenvalue weighted by Gasteiger charge is 2.14. The number of rotatable bonds is 0. The second-order valence-electron chi connectivity index (χ2n) is 2.83. The van der Waals surface area contributed by atoms with E-state index < -0.39 is 0 Å². The zero-order chi connectivity index (χ0) is 7.84. The van der Waals surface area contributed by atoms with Crippen LogP contribution in [-0.4, -0.2) is 33.3 Å². The van der Waals surface area contributed by atoms with Crippen molar-refractivity contribution in [3.63, 3.8) is 0 Å². The van der Waals surface area contributed by atoms with E-state index in [9.17, 15) is 4.79 Å². The predicted octanol–water partition coefficient (Wildman–Crippen LogP) is -0.983. The van der Waals surface area contributed by atoms with Crippen molar-refractivity contribution in [3.05, 3.63) is 16.3 Å². The second kappa shape index (κ2) is 2.20. The van der Waals surface area contributed by atoms with Gasteiger partial charge < -0.3 is 0 Å². The van der Waals surface area contributed by atoms with E-state index in [1.54, 1.807) is 0 Å². The third kappa shape index (κ3) is 1.07. The highest BCUT2D eigenvalue weighted by atomic mass is 16.1. The van der Waals surface area contributed by atoms with Gasteiger partial charge in [-0.2, -0.15) is 4.98 Å². The molecule has 1 aliphatic heterocycles. The first-order valence-electron chi connectivity index (χ1n) is 3.60. The molecule has 0 saturated heterocycles. The number of nitrogens with one attached hydrogen (secondary N) is 1. The molecular weight excluding hydrogens is 144 g/mol. The first-order valence-corrected chi connectivity index (χ1v) is 3.60. The normalized spacial score (nSPS) is 18.3. The molecule has 60 valence electrons. The van der Waals surface area contributed by atoms with E-state index in [-0.39, 0.29) is 5.69 Å². The Morgan fingerprint density at radius 3 is 3.18 bits per heavy atom. The molecule has 0 spiro atoms. The summed E-state index contributed by atoms with van der Waals surface area (Å²) in [5, 5.41) is 2.64. The summed E-state index contributed by atoms with van der Waals surface area (Å²) in [7, 11) is 2.02. The summed E-state index contributed by atoms with van der Waals surface area (Å²) in [5.41, 5.74) is -0.240. The zero-order valence-corrected chi connectivity index (χ0v) is 6.37. The zero-order valence-electron chi connectivity index (χ0n) is 6.37. The maximum Gasteiger partial charge on any atom is 0.361 e. The third-order valence-electron chi connectivity index (χ3n) is 1.89. The van der Waals surface area contributed by atoms with Crippen molar-refractivity contribution in [1.29, 1.82) is 0 Å². The van der Waals surface area contributed by atoms with Crippen molar-refractivity contribution in [2.24, 2.45) is 0 Å². The fourth-order valence-corrected chi connectivity index (χ4v) is 1.28. The van der Waals surface area contributed by atoms with Crippen molar-refractivity contribution < 1.29 is 0 Å². The lowest BCUT2D eigenvalue weighted by Crippen LogP contribution is -2.30. The average Bonchev–Trinajstić information content (AvgIpc) is 2.27. The van der Waals surface area contributed by atoms with Gasteiger partial charge in [0.1, 0.15) is 5.82 Å². The van der Waals surface area contributed by atoms with E-state index in [0.717, 1.165) is 25.5 Å². The Morgan fingerprint density at radius 1 is 1.55 bits per heavy atom. The van der Waals surface area contributed by atoms with E-state index in [4.69, 9.17) is 0 Å². The van der Waals surface area contributed by atoms with Gasteiger partial charge in [-0.1, -0.05) is 0 Å². The molecule has 0 saturated carbocycles. The van der Waals surface area contributed by atoms with Crippen molar-refractivity contribution >= 4 is 0 Å². The molecule has 0 fully saturated rings. The standard InChI is InChI=1S/C6H10N4O/c1-9-2-3-10-5(4-9)7-6(11)8-10/h2-4H2,1H3,(H,8,11). The maximum absolute atomic E-state index is 10.8. The van der Waals surface area contributed by atoms with Crippen LogP contribution < -0.4 is 5.69 Å². The van der Waals surface area contributed by atoms with Crippen LogP contribution in [0.5, 0.6) is 0 Å². The van der Waals surface area contributed by atoms with Gasteiger partial charge in [-0.3, -0.25) is 9.58 Å². The Bertz CT molecular complexity index is 313. The predicted molar refractivity (Wildman–Crippen MR) is 39.2 cm³/mol. The van der Waals surface area contributed by atoms with Crippen LogP contribution in [0.3, 0.4) is 0 Å². The summed E-state index contributed by atoms with van der Waals surface area (Å²) in [6, 6.07) is 0. The van der Waals surface area contributed by atoms with Gasteiger partial charge in [-0.05, 0) is 7.05 Å². The highest BCUT2D eigenvalue weighted by molar-refractivity contribution is 4.87. The van der Waals surface area contributed by atoms with Gasteiger partial charge in [0, 0.05) is 6.54 Å². The fourth-order valence-electron chi connectivity index (χ4n) is 1.28. The number of H-pyrrole nitrogens is 1. The molecule has 0 radical (unpaired) electrons. The van der Waals surface area contributed by atoms with Gasteiger partial charge >= 0.3 is 5.69 Å². The molecule has 0 unspecified atom stereocenters. The molecule has 1 N–H and O–H groups in total. The van der Waals surface area contributed by atoms with Crippen LogP contribution in [-0.2, 0) is 13.1 Å². The monoisotopic (exact) mass is 154 g/mol. The SMILES string of the molecule is CN1CCn2[nH]c(=O)nc2C1. The van der Waals surface area contributed by atoms with Crippen LogP contribution in [0.4, 0.5) is 0 Å². The molecule has 0 atom stereocenters. The highest BCUT2D eigenvalue weighted by Crippen LogP contribution is 2.02. The molecule has 0 aliphatic carbocycles. The Balaban J connectivity index is 2.41. The lowest BCUT2D eigenvalue weighted by atomic mass is 10.4. The van der Waals surface area contributed by atoms with Gasteiger partial charge in [0.2, 0.25) is 0 Å². The van der Waals surface area contributed by atoms with E-state index in [2.05, 4.69) is 15.0 Å². The lowest BCUT2D eigenvalue weighted by Gasteiger charge is -2.21. The van der Waals surface area contributed by atoms with Crippen molar-refractivity contribution in [3.8, 4) is 0 Å². The van der Waals surface area contributed by atoms with Crippen LogP contribution >= 0.6 is 0 Å². The third-order valence-corrected chi connectivity index (χ3v) is 1.89. The van der Waals surface area contributed by atoms with Crippen molar-refractivity contribution in [2.75, 3.05) is 13.6 Å². The van der Waals surface area contributed by atoms with E-state index in [1.807, 2.05) is 11.7 Å². The van der Waals surface area contributed by atoms with Gasteiger partial charge in [-0.15, -0.1) is 0 Å². The fraction of sp³-hybridized carbons (Fsp3) is 0.667. The van der Waals surface area contributed by atoms with Gasteiger partial charge in [-0.25, -0.2) is 9.89 Å². The number of aromatic amines is 1. The maximum atomic E-state index is 10.8. The van der Waals surface area contributed by atoms with Crippen LogP contribution in [0.1, 0.15) is 5.82 Å². The van der Waals surface area contributed by atoms with E-state index in [0.29, 0.717) is 0 Å². The van der Waals surface area contributed by atoms with Crippen molar-refractivity contribution in [1.82, 2.24) is 19.7 Å².